The summed E-state index contributed by atoms with van der Waals surface area (Å²) in [5.41, 5.74) is 0. The van der Waals surface area contributed by atoms with E-state index >= 15 is 0 Å². The minimum atomic E-state index is -2.95. The fourth-order valence-electron chi connectivity index (χ4n) is 1.99. The lowest BCUT2D eigenvalue weighted by molar-refractivity contribution is -0.177. The van der Waals surface area contributed by atoms with Crippen LogP contribution in [-0.2, 0) is 23.1 Å². The summed E-state index contributed by atoms with van der Waals surface area (Å²) in [4.78, 5) is 0. The number of rotatable bonds is 8. The van der Waals surface area contributed by atoms with Gasteiger partial charge in [0.25, 0.3) is 0 Å². The predicted molar refractivity (Wildman–Crippen MR) is 69.8 cm³/mol. The quantitative estimate of drug-likeness (QED) is 0.640. The SMILES string of the molecule is CCOP(=O)(CCC(C)C1(C)OCCO1)OCC. The Hall–Kier alpha value is 0.0700. The highest BCUT2D eigenvalue weighted by Crippen LogP contribution is 2.49. The lowest BCUT2D eigenvalue weighted by atomic mass is 10.00. The highest BCUT2D eigenvalue weighted by molar-refractivity contribution is 7.53. The molecule has 1 rings (SSSR count). The summed E-state index contributed by atoms with van der Waals surface area (Å²) in [5.74, 6) is -0.419. The first-order chi connectivity index (χ1) is 8.46. The molecule has 1 heterocycles. The first kappa shape index (κ1) is 16.1. The first-order valence-electron chi connectivity index (χ1n) is 6.62. The zero-order valence-corrected chi connectivity index (χ0v) is 12.7. The minimum Gasteiger partial charge on any atom is -0.348 e. The summed E-state index contributed by atoms with van der Waals surface area (Å²) in [6, 6.07) is 0. The van der Waals surface area contributed by atoms with Crippen molar-refractivity contribution >= 4 is 7.60 Å². The Morgan fingerprint density at radius 1 is 1.22 bits per heavy atom. The normalized spacial score (nSPS) is 21.1. The van der Waals surface area contributed by atoms with E-state index in [1.165, 1.54) is 0 Å². The van der Waals surface area contributed by atoms with E-state index < -0.39 is 13.4 Å². The molecule has 1 saturated heterocycles. The molecule has 0 amide bonds. The molecular weight excluding hydrogens is 255 g/mol. The zero-order valence-electron chi connectivity index (χ0n) is 11.8. The van der Waals surface area contributed by atoms with Gasteiger partial charge in [0.1, 0.15) is 0 Å². The van der Waals surface area contributed by atoms with Crippen LogP contribution in [0.4, 0.5) is 0 Å². The van der Waals surface area contributed by atoms with Gasteiger partial charge in [-0.2, -0.15) is 0 Å². The molecule has 1 atom stereocenters. The van der Waals surface area contributed by atoms with Crippen molar-refractivity contribution in [2.75, 3.05) is 32.6 Å². The highest BCUT2D eigenvalue weighted by atomic mass is 31.2. The molecule has 1 aliphatic heterocycles. The van der Waals surface area contributed by atoms with Crippen molar-refractivity contribution in [2.24, 2.45) is 5.92 Å². The van der Waals surface area contributed by atoms with E-state index in [0.29, 0.717) is 39.0 Å². The van der Waals surface area contributed by atoms with Gasteiger partial charge in [0, 0.05) is 5.92 Å². The van der Waals surface area contributed by atoms with Crippen LogP contribution >= 0.6 is 7.60 Å². The van der Waals surface area contributed by atoms with Crippen molar-refractivity contribution < 1.29 is 23.1 Å². The molecule has 1 fully saturated rings. The Balaban J connectivity index is 2.48. The minimum absolute atomic E-state index is 0.147. The molecule has 1 aliphatic rings. The molecule has 0 bridgehead atoms. The summed E-state index contributed by atoms with van der Waals surface area (Å²) in [6.45, 7) is 9.64. The van der Waals surface area contributed by atoms with Crippen molar-refractivity contribution in [3.05, 3.63) is 0 Å². The lowest BCUT2D eigenvalue weighted by Gasteiger charge is -2.30. The van der Waals surface area contributed by atoms with Crippen LogP contribution in [0.25, 0.3) is 0 Å². The molecule has 0 aromatic carbocycles. The maximum Gasteiger partial charge on any atom is 0.330 e. The number of hydrogen-bond donors (Lipinski definition) is 0. The van der Waals surface area contributed by atoms with Gasteiger partial charge in [0.2, 0.25) is 0 Å². The fourth-order valence-corrected chi connectivity index (χ4v) is 3.81. The van der Waals surface area contributed by atoms with Crippen LogP contribution < -0.4 is 0 Å². The molecule has 1 unspecified atom stereocenters. The molecule has 0 aromatic rings. The van der Waals surface area contributed by atoms with Gasteiger partial charge in [0.05, 0.1) is 32.6 Å². The molecule has 108 valence electrons. The molecule has 6 heteroatoms. The summed E-state index contributed by atoms with van der Waals surface area (Å²) in [5, 5.41) is 0. The van der Waals surface area contributed by atoms with Gasteiger partial charge in [-0.15, -0.1) is 0 Å². The van der Waals surface area contributed by atoms with Crippen LogP contribution in [-0.4, -0.2) is 38.4 Å². The van der Waals surface area contributed by atoms with Gasteiger partial charge in [-0.05, 0) is 27.2 Å². The van der Waals surface area contributed by atoms with Gasteiger partial charge in [0.15, 0.2) is 5.79 Å². The van der Waals surface area contributed by atoms with Crippen molar-refractivity contribution in [1.82, 2.24) is 0 Å². The molecule has 5 nitrogen and oxygen atoms in total. The highest BCUT2D eigenvalue weighted by Gasteiger charge is 2.38. The largest absolute Gasteiger partial charge is 0.348 e. The van der Waals surface area contributed by atoms with Gasteiger partial charge in [-0.25, -0.2) is 0 Å². The van der Waals surface area contributed by atoms with Gasteiger partial charge in [-0.1, -0.05) is 6.92 Å². The van der Waals surface area contributed by atoms with Crippen LogP contribution in [0, 0.1) is 5.92 Å². The smallest absolute Gasteiger partial charge is 0.330 e. The lowest BCUT2D eigenvalue weighted by Crippen LogP contribution is -2.34. The summed E-state index contributed by atoms with van der Waals surface area (Å²) >= 11 is 0. The van der Waals surface area contributed by atoms with Crippen molar-refractivity contribution in [2.45, 2.75) is 39.9 Å². The van der Waals surface area contributed by atoms with E-state index in [2.05, 4.69) is 0 Å². The Morgan fingerprint density at radius 3 is 2.17 bits per heavy atom. The molecule has 0 saturated carbocycles. The molecule has 0 N–H and O–H groups in total. The van der Waals surface area contributed by atoms with Crippen molar-refractivity contribution in [3.8, 4) is 0 Å². The fraction of sp³-hybridized carbons (Fsp3) is 1.00. The second-order valence-electron chi connectivity index (χ2n) is 4.57. The molecule has 18 heavy (non-hydrogen) atoms. The second-order valence-corrected chi connectivity index (χ2v) is 6.76. The summed E-state index contributed by atoms with van der Waals surface area (Å²) in [6.07, 6.45) is 1.09. The average molecular weight is 280 g/mol. The zero-order chi connectivity index (χ0) is 13.6. The Bertz CT molecular complexity index is 278. The number of hydrogen-bond acceptors (Lipinski definition) is 5. The van der Waals surface area contributed by atoms with Crippen LogP contribution in [0.15, 0.2) is 0 Å². The van der Waals surface area contributed by atoms with Crippen LogP contribution in [0.2, 0.25) is 0 Å². The van der Waals surface area contributed by atoms with E-state index in [0.717, 1.165) is 0 Å². The standard InChI is InChI=1S/C12H25O5P/c1-5-16-18(13,17-6-2)10-7-11(3)12(4)14-8-9-15-12/h11H,5-10H2,1-4H3. The second kappa shape index (κ2) is 7.01. The van der Waals surface area contributed by atoms with Gasteiger partial charge >= 0.3 is 7.60 Å². The first-order valence-corrected chi connectivity index (χ1v) is 8.34. The van der Waals surface area contributed by atoms with E-state index in [-0.39, 0.29) is 5.92 Å². The van der Waals surface area contributed by atoms with Crippen molar-refractivity contribution in [1.29, 1.82) is 0 Å². The molecular formula is C12H25O5P. The Morgan fingerprint density at radius 2 is 1.72 bits per heavy atom. The molecule has 0 aromatic heterocycles. The van der Waals surface area contributed by atoms with Gasteiger partial charge in [-0.3, -0.25) is 4.57 Å². The molecule has 0 spiro atoms. The van der Waals surface area contributed by atoms with E-state index in [1.807, 2.05) is 27.7 Å². The van der Waals surface area contributed by atoms with Crippen LogP contribution in [0.5, 0.6) is 0 Å². The third-order valence-corrected chi connectivity index (χ3v) is 5.35. The Kier molecular flexibility index (Phi) is 6.28. The number of ether oxygens (including phenoxy) is 2. The van der Waals surface area contributed by atoms with E-state index in [9.17, 15) is 4.57 Å². The third kappa shape index (κ3) is 4.32. The van der Waals surface area contributed by atoms with Crippen LogP contribution in [0.3, 0.4) is 0 Å². The summed E-state index contributed by atoms with van der Waals surface area (Å²) < 4.78 is 34.0. The third-order valence-electron chi connectivity index (χ3n) is 3.24. The molecule has 0 aliphatic carbocycles. The maximum atomic E-state index is 12.3. The summed E-state index contributed by atoms with van der Waals surface area (Å²) in [7, 11) is -2.95. The van der Waals surface area contributed by atoms with Crippen molar-refractivity contribution in [3.63, 3.8) is 0 Å². The topological polar surface area (TPSA) is 54.0 Å². The maximum absolute atomic E-state index is 12.3. The van der Waals surface area contributed by atoms with E-state index in [1.54, 1.807) is 0 Å². The monoisotopic (exact) mass is 280 g/mol. The Labute approximate surface area is 110 Å². The van der Waals surface area contributed by atoms with Crippen LogP contribution in [0.1, 0.15) is 34.1 Å². The molecule has 0 radical (unpaired) electrons. The predicted octanol–water partition coefficient (Wildman–Crippen LogP) is 3.04. The average Bonchev–Trinajstić information content (AvgIpc) is 2.75. The van der Waals surface area contributed by atoms with Gasteiger partial charge < -0.3 is 18.5 Å². The van der Waals surface area contributed by atoms with E-state index in [4.69, 9.17) is 18.5 Å².